The monoisotopic (exact) mass is 479 g/mol. The molecule has 0 saturated carbocycles. The molecule has 3 heterocycles. The molecule has 9 nitrogen and oxygen atoms in total. The molecule has 36 heavy (non-hydrogen) atoms. The highest BCUT2D eigenvalue weighted by molar-refractivity contribution is 5.78. The van der Waals surface area contributed by atoms with Crippen molar-refractivity contribution in [3.8, 4) is 23.0 Å². The lowest BCUT2D eigenvalue weighted by Crippen LogP contribution is -2.32. The third-order valence-electron chi connectivity index (χ3n) is 6.49. The Morgan fingerprint density at radius 3 is 2.56 bits per heavy atom. The van der Waals surface area contributed by atoms with Gasteiger partial charge in [0.2, 0.25) is 0 Å². The Labute approximate surface area is 205 Å². The van der Waals surface area contributed by atoms with Crippen LogP contribution in [0.15, 0.2) is 77.6 Å². The number of imidazole rings is 1. The first-order valence-corrected chi connectivity index (χ1v) is 11.5. The van der Waals surface area contributed by atoms with E-state index < -0.39 is 4.92 Å². The van der Waals surface area contributed by atoms with E-state index in [1.54, 1.807) is 16.7 Å². The SMILES string of the molecule is COc1ccc(Cn2c(-c3ccccc3)nc3c(c2=O)CCc2nc4ccccc4n2-3)cc1[N+](=O)[O-]. The number of benzene rings is 3. The van der Waals surface area contributed by atoms with E-state index in [9.17, 15) is 14.9 Å². The van der Waals surface area contributed by atoms with Crippen LogP contribution < -0.4 is 10.3 Å². The Balaban J connectivity index is 1.58. The Morgan fingerprint density at radius 1 is 1.00 bits per heavy atom. The minimum absolute atomic E-state index is 0.131. The van der Waals surface area contributed by atoms with Gasteiger partial charge in [-0.05, 0) is 30.2 Å². The summed E-state index contributed by atoms with van der Waals surface area (Å²) in [6.07, 6.45) is 1.14. The molecule has 3 aromatic carbocycles. The molecule has 0 unspecified atom stereocenters. The number of hydrogen-bond acceptors (Lipinski definition) is 6. The van der Waals surface area contributed by atoms with Crippen molar-refractivity contribution in [3.63, 3.8) is 0 Å². The molecular formula is C27H21N5O4. The van der Waals surface area contributed by atoms with Crippen LogP contribution in [0.4, 0.5) is 5.69 Å². The van der Waals surface area contributed by atoms with Crippen LogP contribution in [0.2, 0.25) is 0 Å². The summed E-state index contributed by atoms with van der Waals surface area (Å²) in [5.74, 6) is 2.12. The minimum Gasteiger partial charge on any atom is -0.490 e. The van der Waals surface area contributed by atoms with Crippen molar-refractivity contribution in [1.82, 2.24) is 19.1 Å². The average molecular weight is 479 g/mol. The molecule has 2 aromatic heterocycles. The number of ether oxygens (including phenoxy) is 1. The van der Waals surface area contributed by atoms with E-state index >= 15 is 0 Å². The summed E-state index contributed by atoms with van der Waals surface area (Å²) < 4.78 is 8.71. The topological polar surface area (TPSA) is 105 Å². The van der Waals surface area contributed by atoms with Gasteiger partial charge in [-0.3, -0.25) is 24.0 Å². The lowest BCUT2D eigenvalue weighted by Gasteiger charge is -2.22. The summed E-state index contributed by atoms with van der Waals surface area (Å²) in [6.45, 7) is 0.131. The van der Waals surface area contributed by atoms with Crippen molar-refractivity contribution in [2.75, 3.05) is 7.11 Å². The van der Waals surface area contributed by atoms with Crippen molar-refractivity contribution < 1.29 is 9.66 Å². The number of methoxy groups -OCH3 is 1. The summed E-state index contributed by atoms with van der Waals surface area (Å²) >= 11 is 0. The molecule has 0 fully saturated rings. The number of nitrogens with zero attached hydrogens (tertiary/aromatic N) is 5. The number of nitro groups is 1. The van der Waals surface area contributed by atoms with Gasteiger partial charge < -0.3 is 4.74 Å². The second kappa shape index (κ2) is 8.46. The number of hydrogen-bond donors (Lipinski definition) is 0. The fourth-order valence-corrected chi connectivity index (χ4v) is 4.82. The number of nitro benzene ring substituents is 1. The van der Waals surface area contributed by atoms with E-state index in [0.717, 1.165) is 22.4 Å². The van der Waals surface area contributed by atoms with E-state index in [2.05, 4.69) is 0 Å². The third-order valence-corrected chi connectivity index (χ3v) is 6.49. The van der Waals surface area contributed by atoms with Gasteiger partial charge in [0, 0.05) is 18.1 Å². The molecule has 0 radical (unpaired) electrons. The van der Waals surface area contributed by atoms with Crippen molar-refractivity contribution in [2.45, 2.75) is 19.4 Å². The highest BCUT2D eigenvalue weighted by Gasteiger charge is 2.27. The first-order chi connectivity index (χ1) is 17.5. The summed E-state index contributed by atoms with van der Waals surface area (Å²) in [4.78, 5) is 34.8. The molecule has 1 aliphatic rings. The molecule has 0 aliphatic carbocycles. The van der Waals surface area contributed by atoms with Gasteiger partial charge in [0.25, 0.3) is 5.56 Å². The van der Waals surface area contributed by atoms with E-state index in [0.29, 0.717) is 35.6 Å². The maximum absolute atomic E-state index is 14.0. The Kier molecular flexibility index (Phi) is 5.10. The van der Waals surface area contributed by atoms with Gasteiger partial charge in [0.15, 0.2) is 5.75 Å². The van der Waals surface area contributed by atoms with Gasteiger partial charge in [-0.2, -0.15) is 0 Å². The first-order valence-electron chi connectivity index (χ1n) is 11.5. The highest BCUT2D eigenvalue weighted by Crippen LogP contribution is 2.31. The lowest BCUT2D eigenvalue weighted by atomic mass is 10.1. The van der Waals surface area contributed by atoms with Crippen molar-refractivity contribution in [2.24, 2.45) is 0 Å². The zero-order chi connectivity index (χ0) is 24.8. The van der Waals surface area contributed by atoms with E-state index in [1.807, 2.05) is 59.2 Å². The normalized spacial score (nSPS) is 12.2. The van der Waals surface area contributed by atoms with Crippen LogP contribution in [0.5, 0.6) is 5.75 Å². The van der Waals surface area contributed by atoms with Crippen LogP contribution in [-0.2, 0) is 19.4 Å². The Morgan fingerprint density at radius 2 is 1.78 bits per heavy atom. The zero-order valence-corrected chi connectivity index (χ0v) is 19.4. The average Bonchev–Trinajstić information content (AvgIpc) is 3.29. The molecule has 0 N–H and O–H groups in total. The van der Waals surface area contributed by atoms with Crippen LogP contribution in [0, 0.1) is 10.1 Å². The van der Waals surface area contributed by atoms with Crippen LogP contribution in [0.3, 0.4) is 0 Å². The molecule has 5 aromatic rings. The van der Waals surface area contributed by atoms with Gasteiger partial charge in [-0.25, -0.2) is 9.97 Å². The standard InChI is InChI=1S/C27H21N5O4/c1-36-23-13-11-17(15-22(23)32(34)35)16-30-25(18-7-3-2-4-8-18)29-26-19(27(30)33)12-14-24-28-20-9-5-6-10-21(20)31(24)26/h2-11,13,15H,12,14,16H2,1H3. The summed E-state index contributed by atoms with van der Waals surface area (Å²) in [5.41, 5.74) is 3.44. The fourth-order valence-electron chi connectivity index (χ4n) is 4.82. The predicted octanol–water partition coefficient (Wildman–Crippen LogP) is 4.31. The predicted molar refractivity (Wildman–Crippen MR) is 135 cm³/mol. The number of para-hydroxylation sites is 2. The van der Waals surface area contributed by atoms with Crippen molar-refractivity contribution >= 4 is 16.7 Å². The Bertz CT molecular complexity index is 1710. The summed E-state index contributed by atoms with van der Waals surface area (Å²) in [7, 11) is 1.39. The molecule has 9 heteroatoms. The van der Waals surface area contributed by atoms with Gasteiger partial charge in [0.05, 0.1) is 35.2 Å². The smallest absolute Gasteiger partial charge is 0.311 e. The van der Waals surface area contributed by atoms with E-state index in [4.69, 9.17) is 14.7 Å². The molecule has 0 atom stereocenters. The van der Waals surface area contributed by atoms with Crippen LogP contribution in [0.1, 0.15) is 17.0 Å². The summed E-state index contributed by atoms with van der Waals surface area (Å²) in [5, 5.41) is 11.6. The quantitative estimate of drug-likeness (QED) is 0.275. The minimum atomic E-state index is -0.486. The maximum Gasteiger partial charge on any atom is 0.311 e. The summed E-state index contributed by atoms with van der Waals surface area (Å²) in [6, 6.07) is 22.0. The maximum atomic E-state index is 14.0. The van der Waals surface area contributed by atoms with Crippen LogP contribution >= 0.6 is 0 Å². The number of fused-ring (bicyclic) bond motifs is 5. The van der Waals surface area contributed by atoms with Gasteiger partial charge in [0.1, 0.15) is 17.5 Å². The number of rotatable bonds is 5. The van der Waals surface area contributed by atoms with Crippen LogP contribution in [-0.4, -0.2) is 31.1 Å². The largest absolute Gasteiger partial charge is 0.490 e. The third kappa shape index (κ3) is 3.44. The number of aromatic nitrogens is 4. The lowest BCUT2D eigenvalue weighted by molar-refractivity contribution is -0.385. The van der Waals surface area contributed by atoms with Gasteiger partial charge in [-0.15, -0.1) is 0 Å². The molecule has 6 rings (SSSR count). The van der Waals surface area contributed by atoms with E-state index in [1.165, 1.54) is 13.2 Å². The second-order valence-corrected chi connectivity index (χ2v) is 8.61. The second-order valence-electron chi connectivity index (χ2n) is 8.61. The molecule has 178 valence electrons. The van der Waals surface area contributed by atoms with Crippen molar-refractivity contribution in [3.05, 3.63) is 110 Å². The van der Waals surface area contributed by atoms with E-state index in [-0.39, 0.29) is 23.5 Å². The van der Waals surface area contributed by atoms with Gasteiger partial charge >= 0.3 is 5.69 Å². The fraction of sp³-hybridized carbons (Fsp3) is 0.148. The molecule has 0 spiro atoms. The highest BCUT2D eigenvalue weighted by atomic mass is 16.6. The zero-order valence-electron chi connectivity index (χ0n) is 19.4. The first kappa shape index (κ1) is 21.7. The van der Waals surface area contributed by atoms with Crippen LogP contribution in [0.25, 0.3) is 28.2 Å². The molecular weight excluding hydrogens is 458 g/mol. The molecule has 0 saturated heterocycles. The molecule has 1 aliphatic heterocycles. The Hall–Kier alpha value is -4.79. The molecule has 0 amide bonds. The molecule has 0 bridgehead atoms. The number of aryl methyl sites for hydroxylation is 1. The van der Waals surface area contributed by atoms with Crippen molar-refractivity contribution in [1.29, 1.82) is 0 Å². The van der Waals surface area contributed by atoms with Gasteiger partial charge in [-0.1, -0.05) is 48.5 Å².